The standard InChI is InChI=1S/C20H20N2O3/c1-3-14(2)25-17-11-9-15(10-12-17)13-18-19(23)21-22(20(18)24)16-7-5-4-6-8-16/h4-14H,3H2,1-2H3,(H,21,23)/b18-13-/t14-/m0/s1. The molecule has 1 aliphatic rings. The number of benzene rings is 2. The van der Waals surface area contributed by atoms with Crippen molar-refractivity contribution in [1.29, 1.82) is 0 Å². The molecule has 128 valence electrons. The third-order valence-electron chi connectivity index (χ3n) is 4.01. The lowest BCUT2D eigenvalue weighted by atomic mass is 10.1. The molecule has 2 aromatic rings. The highest BCUT2D eigenvalue weighted by Crippen LogP contribution is 2.22. The summed E-state index contributed by atoms with van der Waals surface area (Å²) in [7, 11) is 0. The maximum Gasteiger partial charge on any atom is 0.282 e. The molecule has 1 aliphatic heterocycles. The summed E-state index contributed by atoms with van der Waals surface area (Å²) >= 11 is 0. The van der Waals surface area contributed by atoms with E-state index in [1.807, 2.05) is 49.4 Å². The Morgan fingerprint density at radius 3 is 2.40 bits per heavy atom. The number of carbonyl (C=O) groups is 2. The minimum Gasteiger partial charge on any atom is -0.491 e. The molecule has 1 heterocycles. The van der Waals surface area contributed by atoms with E-state index in [9.17, 15) is 9.59 Å². The molecule has 0 saturated carbocycles. The Morgan fingerprint density at radius 1 is 1.08 bits per heavy atom. The summed E-state index contributed by atoms with van der Waals surface area (Å²) in [5.41, 5.74) is 4.09. The average Bonchev–Trinajstić information content (AvgIpc) is 2.92. The molecule has 0 unspecified atom stereocenters. The van der Waals surface area contributed by atoms with Crippen LogP contribution in [0.5, 0.6) is 5.75 Å². The van der Waals surface area contributed by atoms with Crippen LogP contribution in [0.4, 0.5) is 5.69 Å². The molecule has 2 amide bonds. The van der Waals surface area contributed by atoms with Gasteiger partial charge in [0.05, 0.1) is 11.8 Å². The van der Waals surface area contributed by atoms with Crippen molar-refractivity contribution in [2.45, 2.75) is 26.4 Å². The first kappa shape index (κ1) is 16.8. The first-order chi connectivity index (χ1) is 12.1. The summed E-state index contributed by atoms with van der Waals surface area (Å²) in [6, 6.07) is 16.3. The van der Waals surface area contributed by atoms with Crippen LogP contribution in [-0.2, 0) is 9.59 Å². The fraction of sp³-hybridized carbons (Fsp3) is 0.200. The molecular formula is C20H20N2O3. The quantitative estimate of drug-likeness (QED) is 0.673. The van der Waals surface area contributed by atoms with Crippen molar-refractivity contribution in [2.75, 3.05) is 5.01 Å². The minimum atomic E-state index is -0.409. The summed E-state index contributed by atoms with van der Waals surface area (Å²) in [4.78, 5) is 24.7. The lowest BCUT2D eigenvalue weighted by molar-refractivity contribution is -0.117. The van der Waals surface area contributed by atoms with E-state index < -0.39 is 5.91 Å². The molecule has 2 aromatic carbocycles. The third kappa shape index (κ3) is 3.71. The Morgan fingerprint density at radius 2 is 1.76 bits per heavy atom. The predicted octanol–water partition coefficient (Wildman–Crippen LogP) is 3.33. The maximum absolute atomic E-state index is 12.5. The number of rotatable bonds is 5. The number of nitrogens with one attached hydrogen (secondary N) is 1. The molecule has 1 saturated heterocycles. The van der Waals surface area contributed by atoms with Crippen molar-refractivity contribution in [3.63, 3.8) is 0 Å². The van der Waals surface area contributed by atoms with Crippen LogP contribution in [0.25, 0.3) is 6.08 Å². The predicted molar refractivity (Wildman–Crippen MR) is 96.9 cm³/mol. The molecule has 3 rings (SSSR count). The van der Waals surface area contributed by atoms with E-state index in [2.05, 4.69) is 12.3 Å². The van der Waals surface area contributed by atoms with E-state index >= 15 is 0 Å². The van der Waals surface area contributed by atoms with E-state index in [1.165, 1.54) is 5.01 Å². The summed E-state index contributed by atoms with van der Waals surface area (Å²) < 4.78 is 5.73. The van der Waals surface area contributed by atoms with Gasteiger partial charge in [-0.15, -0.1) is 0 Å². The monoisotopic (exact) mass is 336 g/mol. The highest BCUT2D eigenvalue weighted by Gasteiger charge is 2.34. The molecule has 1 fully saturated rings. The van der Waals surface area contributed by atoms with Crippen LogP contribution in [0.3, 0.4) is 0 Å². The average molecular weight is 336 g/mol. The number of anilines is 1. The van der Waals surface area contributed by atoms with Crippen LogP contribution in [-0.4, -0.2) is 17.9 Å². The number of para-hydroxylation sites is 1. The van der Waals surface area contributed by atoms with E-state index in [1.54, 1.807) is 18.2 Å². The molecule has 0 aromatic heterocycles. The van der Waals surface area contributed by atoms with E-state index in [0.29, 0.717) is 5.69 Å². The lowest BCUT2D eigenvalue weighted by Gasteiger charge is -2.13. The second kappa shape index (κ2) is 7.21. The van der Waals surface area contributed by atoms with Gasteiger partial charge < -0.3 is 4.74 Å². The number of nitrogens with zero attached hydrogens (tertiary/aromatic N) is 1. The smallest absolute Gasteiger partial charge is 0.282 e. The molecule has 0 aliphatic carbocycles. The maximum atomic E-state index is 12.5. The summed E-state index contributed by atoms with van der Waals surface area (Å²) in [6.07, 6.45) is 2.66. The normalized spacial score (nSPS) is 16.9. The van der Waals surface area contributed by atoms with Crippen LogP contribution >= 0.6 is 0 Å². The van der Waals surface area contributed by atoms with Crippen molar-refractivity contribution < 1.29 is 14.3 Å². The van der Waals surface area contributed by atoms with Crippen molar-refractivity contribution in [2.24, 2.45) is 0 Å². The van der Waals surface area contributed by atoms with Gasteiger partial charge in [-0.3, -0.25) is 15.0 Å². The second-order valence-corrected chi connectivity index (χ2v) is 5.88. The van der Waals surface area contributed by atoms with Gasteiger partial charge in [0, 0.05) is 0 Å². The van der Waals surface area contributed by atoms with Gasteiger partial charge in [0.25, 0.3) is 11.8 Å². The highest BCUT2D eigenvalue weighted by atomic mass is 16.5. The summed E-state index contributed by atoms with van der Waals surface area (Å²) in [6.45, 7) is 4.07. The molecule has 5 nitrogen and oxygen atoms in total. The number of amides is 2. The Balaban J connectivity index is 1.79. The van der Waals surface area contributed by atoms with Gasteiger partial charge in [0.2, 0.25) is 0 Å². The Kier molecular flexibility index (Phi) is 4.84. The molecule has 25 heavy (non-hydrogen) atoms. The number of ether oxygens (including phenoxy) is 1. The molecule has 1 atom stereocenters. The number of hydrazine groups is 1. The first-order valence-corrected chi connectivity index (χ1v) is 8.27. The number of hydrogen-bond donors (Lipinski definition) is 1. The summed E-state index contributed by atoms with van der Waals surface area (Å²) in [5, 5.41) is 1.26. The molecule has 5 heteroatoms. The highest BCUT2D eigenvalue weighted by molar-refractivity contribution is 6.31. The van der Waals surface area contributed by atoms with Gasteiger partial charge in [0.15, 0.2) is 0 Å². The molecular weight excluding hydrogens is 316 g/mol. The molecule has 0 spiro atoms. The van der Waals surface area contributed by atoms with E-state index in [-0.39, 0.29) is 17.6 Å². The van der Waals surface area contributed by atoms with Gasteiger partial charge in [-0.2, -0.15) is 0 Å². The topological polar surface area (TPSA) is 58.6 Å². The van der Waals surface area contributed by atoms with E-state index in [0.717, 1.165) is 17.7 Å². The van der Waals surface area contributed by atoms with Gasteiger partial charge >= 0.3 is 0 Å². The lowest BCUT2D eigenvalue weighted by Crippen LogP contribution is -2.35. The fourth-order valence-electron chi connectivity index (χ4n) is 2.44. The van der Waals surface area contributed by atoms with Crippen LogP contribution in [0.2, 0.25) is 0 Å². The summed E-state index contributed by atoms with van der Waals surface area (Å²) in [5.74, 6) is -0.00507. The first-order valence-electron chi connectivity index (χ1n) is 8.27. The molecule has 0 bridgehead atoms. The van der Waals surface area contributed by atoms with E-state index in [4.69, 9.17) is 4.74 Å². The Hall–Kier alpha value is -3.08. The number of carbonyl (C=O) groups excluding carboxylic acids is 2. The van der Waals surface area contributed by atoms with Gasteiger partial charge in [0.1, 0.15) is 11.3 Å². The molecule has 1 N–H and O–H groups in total. The van der Waals surface area contributed by atoms with Crippen molar-refractivity contribution in [3.8, 4) is 5.75 Å². The minimum absolute atomic E-state index is 0.111. The zero-order valence-electron chi connectivity index (χ0n) is 14.2. The zero-order valence-corrected chi connectivity index (χ0v) is 14.2. The SMILES string of the molecule is CC[C@H](C)Oc1ccc(/C=C2/C(=O)NN(c3ccccc3)C2=O)cc1. The fourth-order valence-corrected chi connectivity index (χ4v) is 2.44. The third-order valence-corrected chi connectivity index (χ3v) is 4.01. The van der Waals surface area contributed by atoms with Crippen LogP contribution in [0, 0.1) is 0 Å². The van der Waals surface area contributed by atoms with Crippen molar-refractivity contribution >= 4 is 23.6 Å². The number of hydrogen-bond acceptors (Lipinski definition) is 3. The van der Waals surface area contributed by atoms with Crippen LogP contribution in [0.1, 0.15) is 25.8 Å². The Labute approximate surface area is 146 Å². The van der Waals surface area contributed by atoms with Crippen molar-refractivity contribution in [1.82, 2.24) is 5.43 Å². The van der Waals surface area contributed by atoms with Gasteiger partial charge in [-0.25, -0.2) is 5.01 Å². The largest absolute Gasteiger partial charge is 0.491 e. The zero-order chi connectivity index (χ0) is 17.8. The van der Waals surface area contributed by atoms with Crippen LogP contribution in [0.15, 0.2) is 60.2 Å². The molecule has 0 radical (unpaired) electrons. The Bertz CT molecular complexity index is 797. The van der Waals surface area contributed by atoms with Crippen LogP contribution < -0.4 is 15.2 Å². The van der Waals surface area contributed by atoms with Gasteiger partial charge in [-0.1, -0.05) is 37.3 Å². The van der Waals surface area contributed by atoms with Crippen molar-refractivity contribution in [3.05, 3.63) is 65.7 Å². The van der Waals surface area contributed by atoms with Gasteiger partial charge in [-0.05, 0) is 49.2 Å². The second-order valence-electron chi connectivity index (χ2n) is 5.88.